The van der Waals surface area contributed by atoms with Crippen molar-refractivity contribution in [3.8, 4) is 0 Å². The van der Waals surface area contributed by atoms with Crippen LogP contribution in [-0.2, 0) is 11.8 Å². The van der Waals surface area contributed by atoms with E-state index in [1.807, 2.05) is 20.3 Å². The zero-order valence-corrected chi connectivity index (χ0v) is 10.0. The van der Waals surface area contributed by atoms with E-state index in [1.165, 1.54) is 12.8 Å². The highest BCUT2D eigenvalue weighted by Crippen LogP contribution is 2.21. The van der Waals surface area contributed by atoms with Gasteiger partial charge in [0.15, 0.2) is 5.82 Å². The number of hydrogen-bond acceptors (Lipinski definition) is 4. The van der Waals surface area contributed by atoms with Crippen molar-refractivity contribution in [1.82, 2.24) is 9.78 Å². The minimum atomic E-state index is 0.320. The molecule has 2 rings (SSSR count). The van der Waals surface area contributed by atoms with Crippen LogP contribution in [0, 0.1) is 0 Å². The van der Waals surface area contributed by atoms with E-state index < -0.39 is 0 Å². The molecule has 0 aliphatic carbocycles. The summed E-state index contributed by atoms with van der Waals surface area (Å²) >= 11 is 0. The highest BCUT2D eigenvalue weighted by molar-refractivity contribution is 5.61. The first-order chi connectivity index (χ1) is 7.66. The normalized spacial score (nSPS) is 21.0. The third kappa shape index (κ3) is 2.47. The quantitative estimate of drug-likeness (QED) is 0.832. The molecule has 5 heteroatoms. The second-order valence-electron chi connectivity index (χ2n) is 4.45. The Bertz CT molecular complexity index is 344. The summed E-state index contributed by atoms with van der Waals surface area (Å²) in [6.07, 6.45) is 5.73. The largest absolute Gasteiger partial charge is 0.394 e. The highest BCUT2D eigenvalue weighted by Gasteiger charge is 2.18. The molecule has 0 spiro atoms. The second kappa shape index (κ2) is 4.74. The lowest BCUT2D eigenvalue weighted by atomic mass is 10.1. The molecule has 0 bridgehead atoms. The molecule has 1 aliphatic rings. The van der Waals surface area contributed by atoms with Crippen LogP contribution in [-0.4, -0.2) is 36.1 Å². The van der Waals surface area contributed by atoms with Crippen LogP contribution < -0.4 is 10.6 Å². The summed E-state index contributed by atoms with van der Waals surface area (Å²) < 4.78 is 7.44. The molecule has 2 heterocycles. The molecular formula is C11H20N4O. The number of hydrogen-bond donors (Lipinski definition) is 1. The number of rotatable bonds is 3. The van der Waals surface area contributed by atoms with Crippen LogP contribution in [0.15, 0.2) is 6.20 Å². The van der Waals surface area contributed by atoms with Crippen molar-refractivity contribution in [3.63, 3.8) is 0 Å². The van der Waals surface area contributed by atoms with E-state index in [-0.39, 0.29) is 0 Å². The first kappa shape index (κ1) is 11.3. The zero-order valence-electron chi connectivity index (χ0n) is 10.0. The molecule has 1 aliphatic heterocycles. The SMILES string of the molecule is CN(CC1CCCCO1)c1nn(C)cc1N. The summed E-state index contributed by atoms with van der Waals surface area (Å²) in [5.74, 6) is 0.844. The molecule has 2 N–H and O–H groups in total. The van der Waals surface area contributed by atoms with Crippen molar-refractivity contribution in [2.75, 3.05) is 30.8 Å². The van der Waals surface area contributed by atoms with Crippen LogP contribution in [0.3, 0.4) is 0 Å². The number of ether oxygens (including phenoxy) is 1. The highest BCUT2D eigenvalue weighted by atomic mass is 16.5. The molecule has 1 atom stereocenters. The van der Waals surface area contributed by atoms with Gasteiger partial charge in [0, 0.05) is 33.4 Å². The Hall–Kier alpha value is -1.23. The van der Waals surface area contributed by atoms with Gasteiger partial charge in [0.25, 0.3) is 0 Å². The Balaban J connectivity index is 1.96. The molecule has 1 aromatic heterocycles. The molecule has 0 radical (unpaired) electrons. The molecule has 90 valence electrons. The van der Waals surface area contributed by atoms with Crippen molar-refractivity contribution >= 4 is 11.5 Å². The topological polar surface area (TPSA) is 56.3 Å². The Morgan fingerprint density at radius 3 is 3.00 bits per heavy atom. The third-order valence-electron chi connectivity index (χ3n) is 2.95. The van der Waals surface area contributed by atoms with Crippen molar-refractivity contribution in [1.29, 1.82) is 0 Å². The van der Waals surface area contributed by atoms with E-state index in [0.29, 0.717) is 6.10 Å². The number of likely N-dealkylation sites (N-methyl/N-ethyl adjacent to an activating group) is 1. The Labute approximate surface area is 96.2 Å². The fourth-order valence-electron chi connectivity index (χ4n) is 2.14. The lowest BCUT2D eigenvalue weighted by Crippen LogP contribution is -2.33. The molecular weight excluding hydrogens is 204 g/mol. The van der Waals surface area contributed by atoms with Gasteiger partial charge in [-0.15, -0.1) is 0 Å². The number of aryl methyl sites for hydroxylation is 1. The average Bonchev–Trinajstić information content (AvgIpc) is 2.59. The van der Waals surface area contributed by atoms with Crippen LogP contribution in [0.4, 0.5) is 11.5 Å². The predicted octanol–water partition coefficient (Wildman–Crippen LogP) is 1.01. The number of anilines is 2. The van der Waals surface area contributed by atoms with E-state index in [9.17, 15) is 0 Å². The molecule has 5 nitrogen and oxygen atoms in total. The van der Waals surface area contributed by atoms with Crippen LogP contribution in [0.5, 0.6) is 0 Å². The summed E-state index contributed by atoms with van der Waals surface area (Å²) in [6.45, 7) is 1.75. The minimum Gasteiger partial charge on any atom is -0.394 e. The van der Waals surface area contributed by atoms with Crippen LogP contribution >= 0.6 is 0 Å². The van der Waals surface area contributed by atoms with Gasteiger partial charge in [0.1, 0.15) is 0 Å². The summed E-state index contributed by atoms with van der Waals surface area (Å²) in [7, 11) is 3.89. The first-order valence-electron chi connectivity index (χ1n) is 5.78. The fraction of sp³-hybridized carbons (Fsp3) is 0.727. The van der Waals surface area contributed by atoms with Gasteiger partial charge in [-0.3, -0.25) is 4.68 Å². The van der Waals surface area contributed by atoms with Crippen molar-refractivity contribution in [2.24, 2.45) is 7.05 Å². The number of nitrogens with zero attached hydrogens (tertiary/aromatic N) is 3. The van der Waals surface area contributed by atoms with Crippen LogP contribution in [0.1, 0.15) is 19.3 Å². The summed E-state index contributed by atoms with van der Waals surface area (Å²) in [5.41, 5.74) is 6.60. The smallest absolute Gasteiger partial charge is 0.173 e. The van der Waals surface area contributed by atoms with Gasteiger partial charge < -0.3 is 15.4 Å². The summed E-state index contributed by atoms with van der Waals surface area (Å²) in [6, 6.07) is 0. The number of aromatic nitrogens is 2. The second-order valence-corrected chi connectivity index (χ2v) is 4.45. The zero-order chi connectivity index (χ0) is 11.5. The van der Waals surface area contributed by atoms with Crippen molar-refractivity contribution < 1.29 is 4.74 Å². The molecule has 1 fully saturated rings. The number of nitrogens with two attached hydrogens (primary N) is 1. The van der Waals surface area contributed by atoms with Gasteiger partial charge in [-0.1, -0.05) is 0 Å². The molecule has 1 aromatic rings. The lowest BCUT2D eigenvalue weighted by molar-refractivity contribution is 0.0215. The Morgan fingerprint density at radius 1 is 1.62 bits per heavy atom. The van der Waals surface area contributed by atoms with Crippen LogP contribution in [0.2, 0.25) is 0 Å². The van der Waals surface area contributed by atoms with Gasteiger partial charge >= 0.3 is 0 Å². The Kier molecular flexibility index (Phi) is 3.33. The summed E-state index contributed by atoms with van der Waals surface area (Å²) in [5, 5.41) is 4.34. The summed E-state index contributed by atoms with van der Waals surface area (Å²) in [4.78, 5) is 2.07. The maximum Gasteiger partial charge on any atom is 0.173 e. The van der Waals surface area contributed by atoms with Crippen molar-refractivity contribution in [3.05, 3.63) is 6.20 Å². The molecule has 0 amide bonds. The van der Waals surface area contributed by atoms with Gasteiger partial charge in [-0.2, -0.15) is 5.10 Å². The van der Waals surface area contributed by atoms with E-state index in [4.69, 9.17) is 10.5 Å². The number of nitrogen functional groups attached to an aromatic ring is 1. The molecule has 16 heavy (non-hydrogen) atoms. The monoisotopic (exact) mass is 224 g/mol. The van der Waals surface area contributed by atoms with Gasteiger partial charge in [-0.25, -0.2) is 0 Å². The van der Waals surface area contributed by atoms with Gasteiger partial charge in [0.2, 0.25) is 0 Å². The van der Waals surface area contributed by atoms with E-state index in [0.717, 1.165) is 31.1 Å². The van der Waals surface area contributed by atoms with Gasteiger partial charge in [0.05, 0.1) is 11.8 Å². The third-order valence-corrected chi connectivity index (χ3v) is 2.95. The molecule has 0 aromatic carbocycles. The minimum absolute atomic E-state index is 0.320. The van der Waals surface area contributed by atoms with E-state index >= 15 is 0 Å². The predicted molar refractivity (Wildman–Crippen MR) is 64.5 cm³/mol. The first-order valence-corrected chi connectivity index (χ1v) is 5.78. The van der Waals surface area contributed by atoms with Crippen LogP contribution in [0.25, 0.3) is 0 Å². The molecule has 1 unspecified atom stereocenters. The fourth-order valence-corrected chi connectivity index (χ4v) is 2.14. The Morgan fingerprint density at radius 2 is 2.44 bits per heavy atom. The van der Waals surface area contributed by atoms with Gasteiger partial charge in [-0.05, 0) is 19.3 Å². The van der Waals surface area contributed by atoms with Crippen molar-refractivity contribution in [2.45, 2.75) is 25.4 Å². The van der Waals surface area contributed by atoms with E-state index in [2.05, 4.69) is 10.00 Å². The molecule has 1 saturated heterocycles. The lowest BCUT2D eigenvalue weighted by Gasteiger charge is -2.27. The standard InChI is InChI=1S/C11H20N4O/c1-14(7-9-5-3-4-6-16-9)11-10(12)8-15(2)13-11/h8-9H,3-7,12H2,1-2H3. The maximum absolute atomic E-state index is 5.88. The average molecular weight is 224 g/mol. The maximum atomic E-state index is 5.88. The molecule has 0 saturated carbocycles. The van der Waals surface area contributed by atoms with E-state index in [1.54, 1.807) is 4.68 Å².